The molecular weight excluding hydrogens is 228 g/mol. The molecule has 0 saturated heterocycles. The number of benzene rings is 1. The van der Waals surface area contributed by atoms with E-state index in [0.717, 1.165) is 10.9 Å². The first-order valence-corrected chi connectivity index (χ1v) is 6.13. The Labute approximate surface area is 107 Å². The highest BCUT2D eigenvalue weighted by Gasteiger charge is 2.13. The van der Waals surface area contributed by atoms with E-state index in [1.165, 1.54) is 0 Å². The summed E-state index contributed by atoms with van der Waals surface area (Å²) in [5.74, 6) is -0.00842. The van der Waals surface area contributed by atoms with E-state index in [1.54, 1.807) is 11.9 Å². The van der Waals surface area contributed by atoms with Gasteiger partial charge in [0.2, 0.25) is 0 Å². The van der Waals surface area contributed by atoms with Crippen LogP contribution in [0.25, 0.3) is 10.9 Å². The number of nitrogens with zero attached hydrogens (tertiary/aromatic N) is 1. The van der Waals surface area contributed by atoms with Gasteiger partial charge in [0.25, 0.3) is 5.91 Å². The molecule has 4 heteroatoms. The van der Waals surface area contributed by atoms with Crippen molar-refractivity contribution in [2.75, 3.05) is 26.8 Å². The molecule has 0 bridgehead atoms. The molecule has 0 aliphatic heterocycles. The summed E-state index contributed by atoms with van der Waals surface area (Å²) in [7, 11) is 1.78. The number of hydrogen-bond acceptors (Lipinski definition) is 2. The van der Waals surface area contributed by atoms with Crippen LogP contribution in [0.15, 0.2) is 30.3 Å². The number of likely N-dealkylation sites (N-methyl/N-ethyl adjacent to an activating group) is 1. The molecule has 0 unspecified atom stereocenters. The van der Waals surface area contributed by atoms with E-state index in [-0.39, 0.29) is 5.91 Å². The summed E-state index contributed by atoms with van der Waals surface area (Å²) < 4.78 is 5.25. The Morgan fingerprint density at radius 3 is 2.89 bits per heavy atom. The first-order valence-electron chi connectivity index (χ1n) is 6.13. The van der Waals surface area contributed by atoms with Crippen molar-refractivity contribution in [3.8, 4) is 0 Å². The molecule has 4 nitrogen and oxygen atoms in total. The van der Waals surface area contributed by atoms with Gasteiger partial charge in [0, 0.05) is 31.1 Å². The highest BCUT2D eigenvalue weighted by atomic mass is 16.5. The lowest BCUT2D eigenvalue weighted by atomic mass is 10.2. The number of aromatic amines is 1. The smallest absolute Gasteiger partial charge is 0.270 e. The number of carbonyl (C=O) groups is 1. The topological polar surface area (TPSA) is 45.3 Å². The van der Waals surface area contributed by atoms with E-state index in [4.69, 9.17) is 4.74 Å². The number of aromatic nitrogens is 1. The van der Waals surface area contributed by atoms with E-state index < -0.39 is 0 Å². The molecule has 0 aliphatic rings. The number of ether oxygens (including phenoxy) is 1. The highest BCUT2D eigenvalue weighted by molar-refractivity contribution is 5.97. The predicted octanol–water partition coefficient (Wildman–Crippen LogP) is 2.28. The maximum atomic E-state index is 12.1. The van der Waals surface area contributed by atoms with E-state index in [0.29, 0.717) is 25.5 Å². The van der Waals surface area contributed by atoms with Crippen LogP contribution < -0.4 is 0 Å². The molecule has 1 heterocycles. The van der Waals surface area contributed by atoms with Crippen LogP contribution in [0.4, 0.5) is 0 Å². The van der Waals surface area contributed by atoms with Gasteiger partial charge in [0.1, 0.15) is 5.69 Å². The molecule has 0 fully saturated rings. The molecule has 0 spiro atoms. The summed E-state index contributed by atoms with van der Waals surface area (Å²) in [6.45, 7) is 3.79. The molecule has 2 aromatic rings. The van der Waals surface area contributed by atoms with E-state index in [2.05, 4.69) is 4.98 Å². The van der Waals surface area contributed by atoms with E-state index in [1.807, 2.05) is 37.3 Å². The average molecular weight is 246 g/mol. The van der Waals surface area contributed by atoms with Crippen LogP contribution in [-0.2, 0) is 4.74 Å². The van der Waals surface area contributed by atoms with Crippen molar-refractivity contribution in [3.05, 3.63) is 36.0 Å². The second kappa shape index (κ2) is 5.69. The third-order valence-corrected chi connectivity index (χ3v) is 2.88. The van der Waals surface area contributed by atoms with E-state index >= 15 is 0 Å². The van der Waals surface area contributed by atoms with Gasteiger partial charge in [-0.05, 0) is 19.1 Å². The lowest BCUT2D eigenvalue weighted by Gasteiger charge is -2.15. The van der Waals surface area contributed by atoms with Crippen molar-refractivity contribution in [2.24, 2.45) is 0 Å². The standard InChI is InChI=1S/C14H18N2O2/c1-3-18-9-8-16(2)14(17)13-10-11-6-4-5-7-12(11)15-13/h4-7,10,15H,3,8-9H2,1-2H3. The quantitative estimate of drug-likeness (QED) is 0.823. The highest BCUT2D eigenvalue weighted by Crippen LogP contribution is 2.15. The van der Waals surface area contributed by atoms with Crippen LogP contribution in [0, 0.1) is 0 Å². The summed E-state index contributed by atoms with van der Waals surface area (Å²) in [6.07, 6.45) is 0. The van der Waals surface area contributed by atoms with Crippen LogP contribution in [0.2, 0.25) is 0 Å². The molecule has 1 amide bonds. The van der Waals surface area contributed by atoms with Gasteiger partial charge in [-0.25, -0.2) is 0 Å². The molecule has 0 atom stereocenters. The molecule has 0 saturated carbocycles. The molecule has 18 heavy (non-hydrogen) atoms. The molecular formula is C14H18N2O2. The zero-order valence-corrected chi connectivity index (χ0v) is 10.8. The van der Waals surface area contributed by atoms with Crippen molar-refractivity contribution < 1.29 is 9.53 Å². The number of rotatable bonds is 5. The van der Waals surface area contributed by atoms with E-state index in [9.17, 15) is 4.79 Å². The monoisotopic (exact) mass is 246 g/mol. The number of para-hydroxylation sites is 1. The molecule has 1 aromatic carbocycles. The van der Waals surface area contributed by atoms with Gasteiger partial charge in [0.15, 0.2) is 0 Å². The van der Waals surface area contributed by atoms with Gasteiger partial charge in [-0.1, -0.05) is 18.2 Å². The second-order valence-electron chi connectivity index (χ2n) is 4.19. The maximum absolute atomic E-state index is 12.1. The van der Waals surface area contributed by atoms with Gasteiger partial charge < -0.3 is 14.6 Å². The van der Waals surface area contributed by atoms with Crippen molar-refractivity contribution in [1.29, 1.82) is 0 Å². The van der Waals surface area contributed by atoms with Crippen LogP contribution in [0.1, 0.15) is 17.4 Å². The molecule has 0 aliphatic carbocycles. The van der Waals surface area contributed by atoms with Crippen LogP contribution in [0.5, 0.6) is 0 Å². The van der Waals surface area contributed by atoms with Crippen LogP contribution in [-0.4, -0.2) is 42.6 Å². The first-order chi connectivity index (χ1) is 8.72. The largest absolute Gasteiger partial charge is 0.380 e. The maximum Gasteiger partial charge on any atom is 0.270 e. The number of nitrogens with one attached hydrogen (secondary N) is 1. The minimum atomic E-state index is -0.00842. The van der Waals surface area contributed by atoms with Crippen LogP contribution in [0.3, 0.4) is 0 Å². The third-order valence-electron chi connectivity index (χ3n) is 2.88. The Hall–Kier alpha value is -1.81. The number of carbonyl (C=O) groups excluding carboxylic acids is 1. The van der Waals surface area contributed by atoms with Gasteiger partial charge in [-0.2, -0.15) is 0 Å². The second-order valence-corrected chi connectivity index (χ2v) is 4.19. The summed E-state index contributed by atoms with van der Waals surface area (Å²) in [6, 6.07) is 9.75. The minimum absolute atomic E-state index is 0.00842. The van der Waals surface area contributed by atoms with Crippen molar-refractivity contribution in [1.82, 2.24) is 9.88 Å². The lowest BCUT2D eigenvalue weighted by Crippen LogP contribution is -2.30. The Morgan fingerprint density at radius 2 is 2.17 bits per heavy atom. The number of H-pyrrole nitrogens is 1. The number of fused-ring (bicyclic) bond motifs is 1. The summed E-state index contributed by atoms with van der Waals surface area (Å²) in [5.41, 5.74) is 1.61. The first kappa shape index (κ1) is 12.6. The van der Waals surface area contributed by atoms with Gasteiger partial charge in [-0.3, -0.25) is 4.79 Å². The SMILES string of the molecule is CCOCCN(C)C(=O)c1cc2ccccc2[nH]1. The third kappa shape index (κ3) is 2.71. The molecule has 0 radical (unpaired) electrons. The molecule has 2 rings (SSSR count). The average Bonchev–Trinajstić information content (AvgIpc) is 2.81. The van der Waals surface area contributed by atoms with Gasteiger partial charge >= 0.3 is 0 Å². The zero-order chi connectivity index (χ0) is 13.0. The van der Waals surface area contributed by atoms with Crippen molar-refractivity contribution in [3.63, 3.8) is 0 Å². The van der Waals surface area contributed by atoms with Gasteiger partial charge in [0.05, 0.1) is 6.61 Å². The summed E-state index contributed by atoms with van der Waals surface area (Å²) in [5, 5.41) is 1.05. The molecule has 1 N–H and O–H groups in total. The fraction of sp³-hybridized carbons (Fsp3) is 0.357. The zero-order valence-electron chi connectivity index (χ0n) is 10.8. The van der Waals surface area contributed by atoms with Crippen molar-refractivity contribution >= 4 is 16.8 Å². The molecule has 1 aromatic heterocycles. The summed E-state index contributed by atoms with van der Waals surface area (Å²) in [4.78, 5) is 16.9. The Morgan fingerprint density at radius 1 is 1.39 bits per heavy atom. The number of amides is 1. The lowest BCUT2D eigenvalue weighted by molar-refractivity contribution is 0.0705. The Bertz CT molecular complexity index is 500. The fourth-order valence-electron chi connectivity index (χ4n) is 1.84. The Balaban J connectivity index is 2.08. The Kier molecular flexibility index (Phi) is 3.99. The summed E-state index contributed by atoms with van der Waals surface area (Å²) >= 11 is 0. The predicted molar refractivity (Wildman–Crippen MR) is 71.8 cm³/mol. The molecule has 96 valence electrons. The van der Waals surface area contributed by atoms with Crippen LogP contribution >= 0.6 is 0 Å². The van der Waals surface area contributed by atoms with Crippen molar-refractivity contribution in [2.45, 2.75) is 6.92 Å². The number of hydrogen-bond donors (Lipinski definition) is 1. The minimum Gasteiger partial charge on any atom is -0.380 e. The fourth-order valence-corrected chi connectivity index (χ4v) is 1.84. The van der Waals surface area contributed by atoms with Gasteiger partial charge in [-0.15, -0.1) is 0 Å². The normalized spacial score (nSPS) is 10.8.